The van der Waals surface area contributed by atoms with Gasteiger partial charge in [0.15, 0.2) is 5.82 Å². The van der Waals surface area contributed by atoms with Crippen LogP contribution in [0.4, 0.5) is 27.9 Å². The molecular weight excluding hydrogens is 515 g/mol. The highest BCUT2D eigenvalue weighted by atomic mass is 19.3. The molecule has 0 spiro atoms. The lowest BCUT2D eigenvalue weighted by molar-refractivity contribution is -0.140. The molecule has 4 aromatic rings. The number of likely N-dealkylation sites (tertiary alicyclic amines) is 1. The van der Waals surface area contributed by atoms with Crippen molar-refractivity contribution in [1.29, 1.82) is 0 Å². The molecule has 1 aliphatic rings. The number of carbonyl (C=O) groups is 1. The van der Waals surface area contributed by atoms with Gasteiger partial charge in [-0.3, -0.25) is 4.79 Å². The van der Waals surface area contributed by atoms with Gasteiger partial charge in [-0.1, -0.05) is 11.3 Å². The summed E-state index contributed by atoms with van der Waals surface area (Å²) in [6.07, 6.45) is 0.665. The lowest BCUT2D eigenvalue weighted by Gasteiger charge is -2.38. The van der Waals surface area contributed by atoms with Gasteiger partial charge in [-0.05, 0) is 24.1 Å². The van der Waals surface area contributed by atoms with Crippen molar-refractivity contribution in [2.75, 3.05) is 25.5 Å². The molecule has 15 heteroatoms. The largest absolute Gasteiger partial charge is 0.479 e. The lowest BCUT2D eigenvalue weighted by Crippen LogP contribution is -2.55. The highest BCUT2D eigenvalue weighted by Crippen LogP contribution is 2.36. The molecule has 38 heavy (non-hydrogen) atoms. The lowest BCUT2D eigenvalue weighted by atomic mass is 10.0. The molecule has 1 amide bonds. The van der Waals surface area contributed by atoms with E-state index in [1.165, 1.54) is 25.3 Å². The van der Waals surface area contributed by atoms with Crippen LogP contribution in [0.1, 0.15) is 24.3 Å². The molecule has 1 atom stereocenters. The van der Waals surface area contributed by atoms with E-state index in [1.54, 1.807) is 0 Å². The molecule has 4 heterocycles. The fourth-order valence-electron chi connectivity index (χ4n) is 4.45. The standard InChI is InChI=1S/C23H23F5N8O2/c1-12(37)34-7-6-17(23(27,28)11-34)29-21-30-20(38-3)19-18(14(24)9-35(19)32-21)13-4-5-15-16(8-13)36(33-31-15)10-22(2,25)26/h4-5,8-9,17H,6-7,10-11H2,1-3H3,(H,29,32)/t17-/m1/s1/i1D3. The van der Waals surface area contributed by atoms with Crippen molar-refractivity contribution < 1.29 is 35.6 Å². The van der Waals surface area contributed by atoms with E-state index in [-0.39, 0.29) is 47.0 Å². The monoisotopic (exact) mass is 541 g/mol. The molecular formula is C23H23F5N8O2. The number of halogens is 5. The molecule has 1 fully saturated rings. The van der Waals surface area contributed by atoms with Crippen LogP contribution in [0.15, 0.2) is 24.4 Å². The van der Waals surface area contributed by atoms with E-state index in [9.17, 15) is 22.4 Å². The van der Waals surface area contributed by atoms with E-state index in [0.29, 0.717) is 10.4 Å². The van der Waals surface area contributed by atoms with E-state index in [2.05, 4.69) is 25.7 Å². The van der Waals surface area contributed by atoms with E-state index < -0.39 is 49.6 Å². The first kappa shape index (κ1) is 22.0. The van der Waals surface area contributed by atoms with E-state index in [1.807, 2.05) is 0 Å². The number of carbonyl (C=O) groups excluding carboxylic acids is 1. The van der Waals surface area contributed by atoms with Gasteiger partial charge in [0, 0.05) is 24.4 Å². The smallest absolute Gasteiger partial charge is 0.285 e. The van der Waals surface area contributed by atoms with Gasteiger partial charge in [0.2, 0.25) is 17.7 Å². The third-order valence-corrected chi connectivity index (χ3v) is 6.17. The Morgan fingerprint density at radius 2 is 2.16 bits per heavy atom. The quantitative estimate of drug-likeness (QED) is 0.372. The second-order valence-corrected chi connectivity index (χ2v) is 9.08. The fourth-order valence-corrected chi connectivity index (χ4v) is 4.45. The van der Waals surface area contributed by atoms with Crippen molar-refractivity contribution in [3.63, 3.8) is 0 Å². The minimum atomic E-state index is -3.54. The van der Waals surface area contributed by atoms with Gasteiger partial charge in [0.1, 0.15) is 17.6 Å². The molecule has 1 N–H and O–H groups in total. The van der Waals surface area contributed by atoms with Crippen molar-refractivity contribution in [2.24, 2.45) is 0 Å². The van der Waals surface area contributed by atoms with Crippen LogP contribution in [-0.4, -0.2) is 78.5 Å². The van der Waals surface area contributed by atoms with Crippen LogP contribution < -0.4 is 10.1 Å². The number of piperidine rings is 1. The number of methoxy groups -OCH3 is 1. The molecule has 5 rings (SSSR count). The predicted octanol–water partition coefficient (Wildman–Crippen LogP) is 3.61. The first-order valence-electron chi connectivity index (χ1n) is 12.9. The van der Waals surface area contributed by atoms with Crippen molar-refractivity contribution in [3.05, 3.63) is 30.2 Å². The molecule has 0 bridgehead atoms. The SMILES string of the molecule is [2H]C([2H])([2H])C(=O)N1CC[C@@H](Nc2nc(OC)c3c(-c4ccc5nnn(CC(C)(F)F)c5c4)c(F)cn3n2)C(F)(F)C1. The highest BCUT2D eigenvalue weighted by Gasteiger charge is 2.46. The number of hydrogen-bond acceptors (Lipinski definition) is 7. The number of anilines is 1. The number of nitrogens with zero attached hydrogens (tertiary/aromatic N) is 7. The number of ether oxygens (including phenoxy) is 1. The van der Waals surface area contributed by atoms with Gasteiger partial charge < -0.3 is 15.0 Å². The minimum absolute atomic E-state index is 0.0341. The Labute approximate surface area is 216 Å². The van der Waals surface area contributed by atoms with Crippen LogP contribution in [0.3, 0.4) is 0 Å². The molecule has 202 valence electrons. The Balaban J connectivity index is 1.48. The van der Waals surface area contributed by atoms with Gasteiger partial charge in [0.25, 0.3) is 11.8 Å². The second-order valence-electron chi connectivity index (χ2n) is 9.08. The van der Waals surface area contributed by atoms with Crippen LogP contribution in [0.5, 0.6) is 5.88 Å². The zero-order valence-electron chi connectivity index (χ0n) is 23.1. The molecule has 10 nitrogen and oxygen atoms in total. The number of alkyl halides is 4. The number of nitrogens with one attached hydrogen (secondary N) is 1. The van der Waals surface area contributed by atoms with Gasteiger partial charge in [-0.2, -0.15) is 4.98 Å². The summed E-state index contributed by atoms with van der Waals surface area (Å²) < 4.78 is 101. The summed E-state index contributed by atoms with van der Waals surface area (Å²) in [4.78, 5) is 16.7. The fraction of sp³-hybridized carbons (Fsp3) is 0.435. The van der Waals surface area contributed by atoms with E-state index in [4.69, 9.17) is 8.85 Å². The molecule has 1 aliphatic heterocycles. The summed E-state index contributed by atoms with van der Waals surface area (Å²) >= 11 is 0. The third kappa shape index (κ3) is 4.67. The van der Waals surface area contributed by atoms with Gasteiger partial charge in [-0.15, -0.1) is 10.2 Å². The maximum absolute atomic E-state index is 15.3. The Bertz CT molecular complexity index is 1640. The number of benzene rings is 1. The number of rotatable bonds is 6. The van der Waals surface area contributed by atoms with Crippen LogP contribution >= 0.6 is 0 Å². The van der Waals surface area contributed by atoms with Crippen molar-refractivity contribution >= 4 is 28.4 Å². The highest BCUT2D eigenvalue weighted by molar-refractivity contribution is 5.89. The third-order valence-electron chi connectivity index (χ3n) is 6.17. The normalized spacial score (nSPS) is 19.3. The summed E-state index contributed by atoms with van der Waals surface area (Å²) in [5.41, 5.74) is 0.796. The average Bonchev–Trinajstić information content (AvgIpc) is 3.41. The number of aromatic nitrogens is 6. The van der Waals surface area contributed by atoms with Crippen molar-refractivity contribution in [2.45, 2.75) is 44.6 Å². The van der Waals surface area contributed by atoms with E-state index in [0.717, 1.165) is 22.3 Å². The second kappa shape index (κ2) is 9.06. The molecule has 0 aliphatic carbocycles. The Morgan fingerprint density at radius 1 is 1.37 bits per heavy atom. The summed E-state index contributed by atoms with van der Waals surface area (Å²) in [6, 6.07) is 2.85. The molecule has 1 aromatic carbocycles. The van der Waals surface area contributed by atoms with Crippen molar-refractivity contribution in [1.82, 2.24) is 34.5 Å². The topological polar surface area (TPSA) is 102 Å². The molecule has 0 radical (unpaired) electrons. The molecule has 0 saturated carbocycles. The Hall–Kier alpha value is -4.04. The Morgan fingerprint density at radius 3 is 2.84 bits per heavy atom. The van der Waals surface area contributed by atoms with Crippen molar-refractivity contribution in [3.8, 4) is 17.0 Å². The van der Waals surface area contributed by atoms with Gasteiger partial charge in [-0.25, -0.2) is 31.1 Å². The van der Waals surface area contributed by atoms with E-state index >= 15 is 4.39 Å². The van der Waals surface area contributed by atoms with Crippen LogP contribution in [0.25, 0.3) is 27.7 Å². The first-order chi connectivity index (χ1) is 19.1. The van der Waals surface area contributed by atoms with Gasteiger partial charge in [0.05, 0.1) is 37.0 Å². The van der Waals surface area contributed by atoms with Crippen LogP contribution in [-0.2, 0) is 11.3 Å². The number of hydrogen-bond donors (Lipinski definition) is 1. The maximum atomic E-state index is 15.3. The first-order valence-corrected chi connectivity index (χ1v) is 11.4. The predicted molar refractivity (Wildman–Crippen MR) is 126 cm³/mol. The summed E-state index contributed by atoms with van der Waals surface area (Å²) in [7, 11) is 1.24. The van der Waals surface area contributed by atoms with Crippen LogP contribution in [0.2, 0.25) is 0 Å². The maximum Gasteiger partial charge on any atom is 0.285 e. The number of fused-ring (bicyclic) bond motifs is 2. The van der Waals surface area contributed by atoms with Gasteiger partial charge >= 0.3 is 0 Å². The molecule has 1 saturated heterocycles. The Kier molecular flexibility index (Phi) is 5.24. The zero-order chi connectivity index (χ0) is 29.9. The summed E-state index contributed by atoms with van der Waals surface area (Å²) in [6.45, 7) is -4.43. The summed E-state index contributed by atoms with van der Waals surface area (Å²) in [5, 5.41) is 14.2. The zero-order valence-corrected chi connectivity index (χ0v) is 20.1. The minimum Gasteiger partial charge on any atom is -0.479 e. The van der Waals surface area contributed by atoms with Crippen LogP contribution in [0, 0.1) is 5.82 Å². The summed E-state index contributed by atoms with van der Waals surface area (Å²) in [5.74, 6) is -9.28. The molecule has 0 unspecified atom stereocenters. The molecule has 3 aromatic heterocycles. The average molecular weight is 541 g/mol. The number of amides is 1.